The Morgan fingerprint density at radius 1 is 1.17 bits per heavy atom. The third-order valence-corrected chi connectivity index (χ3v) is 3.63. The van der Waals surface area contributed by atoms with E-state index in [0.29, 0.717) is 11.1 Å². The van der Waals surface area contributed by atoms with E-state index in [1.165, 1.54) is 0 Å². The fourth-order valence-electron chi connectivity index (χ4n) is 2.29. The molecule has 0 unspecified atom stereocenters. The van der Waals surface area contributed by atoms with Gasteiger partial charge in [0.2, 0.25) is 0 Å². The maximum atomic E-state index is 12.6. The van der Waals surface area contributed by atoms with E-state index in [1.807, 2.05) is 39.8 Å². The van der Waals surface area contributed by atoms with Crippen LogP contribution < -0.4 is 4.74 Å². The van der Waals surface area contributed by atoms with Crippen LogP contribution in [0.25, 0.3) is 5.57 Å². The molecule has 0 atom stereocenters. The molecule has 0 spiro atoms. The first-order valence-corrected chi connectivity index (χ1v) is 7.72. The fraction of sp³-hybridized carbons (Fsp3) is 0.556. The number of hydrogen-bond donors (Lipinski definition) is 1. The van der Waals surface area contributed by atoms with Gasteiger partial charge in [-0.2, -0.15) is 13.2 Å². The fourth-order valence-corrected chi connectivity index (χ4v) is 2.29. The van der Waals surface area contributed by atoms with Crippen LogP contribution in [0.5, 0.6) is 5.75 Å². The lowest BCUT2D eigenvalue weighted by Crippen LogP contribution is -2.20. The van der Waals surface area contributed by atoms with Crippen LogP contribution in [0.4, 0.5) is 13.2 Å². The van der Waals surface area contributed by atoms with Crippen molar-refractivity contribution in [1.82, 2.24) is 0 Å². The molecule has 130 valence electrons. The minimum absolute atomic E-state index is 0.0256. The van der Waals surface area contributed by atoms with Crippen LogP contribution in [-0.4, -0.2) is 24.5 Å². The van der Waals surface area contributed by atoms with Gasteiger partial charge in [-0.05, 0) is 41.5 Å². The maximum absolute atomic E-state index is 12.6. The summed E-state index contributed by atoms with van der Waals surface area (Å²) in [7, 11) is 0. The highest BCUT2D eigenvalue weighted by atomic mass is 19.4. The molecule has 0 radical (unpaired) electrons. The van der Waals surface area contributed by atoms with Crippen molar-refractivity contribution in [1.29, 1.82) is 0 Å². The number of aliphatic hydroxyl groups is 1. The normalized spacial score (nSPS) is 13.1. The van der Waals surface area contributed by atoms with Crippen LogP contribution in [0.2, 0.25) is 0 Å². The topological polar surface area (TPSA) is 29.5 Å². The molecule has 23 heavy (non-hydrogen) atoms. The van der Waals surface area contributed by atoms with Crippen LogP contribution >= 0.6 is 0 Å². The van der Waals surface area contributed by atoms with Crippen molar-refractivity contribution in [3.05, 3.63) is 34.9 Å². The number of ether oxygens (including phenoxy) is 1. The average Bonchev–Trinajstić information content (AvgIpc) is 2.43. The number of halogens is 3. The van der Waals surface area contributed by atoms with Crippen LogP contribution in [0.1, 0.15) is 63.1 Å². The van der Waals surface area contributed by atoms with Crippen molar-refractivity contribution in [2.45, 2.75) is 52.6 Å². The molecule has 2 nitrogen and oxygen atoms in total. The van der Waals surface area contributed by atoms with E-state index in [9.17, 15) is 13.2 Å². The number of allylic oxidation sites excluding steroid dienone is 1. The number of benzene rings is 1. The Balaban J connectivity index is 3.49. The summed E-state index contributed by atoms with van der Waals surface area (Å²) in [6, 6.07) is 3.76. The van der Waals surface area contributed by atoms with Crippen LogP contribution in [-0.2, 0) is 0 Å². The van der Waals surface area contributed by atoms with Crippen molar-refractivity contribution in [2.75, 3.05) is 13.2 Å². The van der Waals surface area contributed by atoms with E-state index >= 15 is 0 Å². The quantitative estimate of drug-likeness (QED) is 0.770. The largest absolute Gasteiger partial charge is 0.483 e. The summed E-state index contributed by atoms with van der Waals surface area (Å²) in [5.74, 6) is 0.520. The maximum Gasteiger partial charge on any atom is 0.422 e. The molecule has 0 aliphatic carbocycles. The highest BCUT2D eigenvalue weighted by Crippen LogP contribution is 2.38. The van der Waals surface area contributed by atoms with Crippen LogP contribution in [0, 0.1) is 0 Å². The van der Waals surface area contributed by atoms with Gasteiger partial charge < -0.3 is 9.84 Å². The van der Waals surface area contributed by atoms with E-state index in [2.05, 4.69) is 0 Å². The second kappa shape index (κ2) is 7.86. The first-order valence-electron chi connectivity index (χ1n) is 7.72. The number of alkyl halides is 3. The summed E-state index contributed by atoms with van der Waals surface area (Å²) in [4.78, 5) is 0. The monoisotopic (exact) mass is 330 g/mol. The van der Waals surface area contributed by atoms with E-state index in [1.54, 1.807) is 13.0 Å². The van der Waals surface area contributed by atoms with E-state index in [-0.39, 0.29) is 24.2 Å². The third kappa shape index (κ3) is 5.57. The third-order valence-electron chi connectivity index (χ3n) is 3.63. The van der Waals surface area contributed by atoms with Gasteiger partial charge in [0.05, 0.1) is 6.61 Å². The Labute approximate surface area is 136 Å². The summed E-state index contributed by atoms with van der Waals surface area (Å²) in [6.07, 6.45) is -2.82. The molecule has 0 saturated heterocycles. The van der Waals surface area contributed by atoms with Gasteiger partial charge in [0.1, 0.15) is 5.75 Å². The van der Waals surface area contributed by atoms with Crippen molar-refractivity contribution in [2.24, 2.45) is 0 Å². The average molecular weight is 330 g/mol. The molecule has 0 fully saturated rings. The van der Waals surface area contributed by atoms with Gasteiger partial charge in [0.25, 0.3) is 0 Å². The van der Waals surface area contributed by atoms with Crippen molar-refractivity contribution in [3.63, 3.8) is 0 Å². The first-order chi connectivity index (χ1) is 10.6. The van der Waals surface area contributed by atoms with Gasteiger partial charge in [0, 0.05) is 5.56 Å². The minimum Gasteiger partial charge on any atom is -0.483 e. The van der Waals surface area contributed by atoms with E-state index in [0.717, 1.165) is 11.1 Å². The standard InChI is InChI=1S/C18H25F3O2/c1-11(2)14-8-15(12(3)4)17(23-10-18(19,20)21)16(9-14)13(5)6-7-22/h6,8-9,11-12,22H,7,10H2,1-5H3/b13-6-. The Morgan fingerprint density at radius 2 is 1.78 bits per heavy atom. The van der Waals surface area contributed by atoms with Crippen molar-refractivity contribution >= 4 is 5.57 Å². The summed E-state index contributed by atoms with van der Waals surface area (Å²) >= 11 is 0. The highest BCUT2D eigenvalue weighted by Gasteiger charge is 2.30. The molecule has 1 N–H and O–H groups in total. The lowest BCUT2D eigenvalue weighted by molar-refractivity contribution is -0.153. The summed E-state index contributed by atoms with van der Waals surface area (Å²) in [6.45, 7) is 8.18. The van der Waals surface area contributed by atoms with Gasteiger partial charge in [-0.1, -0.05) is 39.8 Å². The lowest BCUT2D eigenvalue weighted by atomic mass is 9.89. The number of hydrogen-bond acceptors (Lipinski definition) is 2. The Morgan fingerprint density at radius 3 is 2.22 bits per heavy atom. The van der Waals surface area contributed by atoms with E-state index < -0.39 is 12.8 Å². The second-order valence-electron chi connectivity index (χ2n) is 6.27. The number of rotatable bonds is 6. The first kappa shape index (κ1) is 19.6. The van der Waals surface area contributed by atoms with Crippen molar-refractivity contribution in [3.8, 4) is 5.75 Å². The zero-order valence-electron chi connectivity index (χ0n) is 14.3. The predicted molar refractivity (Wildman–Crippen MR) is 86.9 cm³/mol. The Bertz CT molecular complexity index is 558. The van der Waals surface area contributed by atoms with Gasteiger partial charge in [0.15, 0.2) is 6.61 Å². The summed E-state index contributed by atoms with van der Waals surface area (Å²) < 4.78 is 42.9. The molecule has 1 aromatic carbocycles. The molecule has 0 aliphatic heterocycles. The summed E-state index contributed by atoms with van der Waals surface area (Å²) in [5, 5.41) is 9.11. The SMILES string of the molecule is C/C(=C/CO)c1cc(C(C)C)cc(C(C)C)c1OCC(F)(F)F. The molecule has 0 saturated carbocycles. The molecule has 1 aromatic rings. The van der Waals surface area contributed by atoms with Crippen molar-refractivity contribution < 1.29 is 23.0 Å². The second-order valence-corrected chi connectivity index (χ2v) is 6.27. The smallest absolute Gasteiger partial charge is 0.422 e. The number of aliphatic hydroxyl groups excluding tert-OH is 1. The predicted octanol–water partition coefficient (Wildman–Crippen LogP) is 5.27. The molecular weight excluding hydrogens is 305 g/mol. The lowest BCUT2D eigenvalue weighted by Gasteiger charge is -2.22. The van der Waals surface area contributed by atoms with E-state index in [4.69, 9.17) is 9.84 Å². The van der Waals surface area contributed by atoms with Gasteiger partial charge in [-0.25, -0.2) is 0 Å². The zero-order valence-corrected chi connectivity index (χ0v) is 14.3. The molecule has 1 rings (SSSR count). The molecule has 0 aliphatic rings. The van der Waals surface area contributed by atoms with Gasteiger partial charge in [-0.15, -0.1) is 0 Å². The zero-order chi connectivity index (χ0) is 17.8. The molecule has 0 aromatic heterocycles. The molecular formula is C18H25F3O2. The van der Waals surface area contributed by atoms with Crippen LogP contribution in [0.3, 0.4) is 0 Å². The highest BCUT2D eigenvalue weighted by molar-refractivity contribution is 5.72. The molecule has 0 heterocycles. The molecule has 0 amide bonds. The van der Waals surface area contributed by atoms with Gasteiger partial charge in [-0.3, -0.25) is 0 Å². The Hall–Kier alpha value is -1.49. The molecule has 5 heteroatoms. The Kier molecular flexibility index (Phi) is 6.69. The van der Waals surface area contributed by atoms with Gasteiger partial charge >= 0.3 is 6.18 Å². The molecule has 0 bridgehead atoms. The minimum atomic E-state index is -4.39. The van der Waals surface area contributed by atoms with Crippen LogP contribution in [0.15, 0.2) is 18.2 Å². The summed E-state index contributed by atoms with van der Waals surface area (Å²) in [5.41, 5.74) is 3.10.